The molecule has 0 N–H and O–H groups in total. The van der Waals surface area contributed by atoms with Crippen molar-refractivity contribution in [1.29, 1.82) is 5.26 Å². The van der Waals surface area contributed by atoms with Crippen LogP contribution in [0.3, 0.4) is 0 Å². The smallest absolute Gasteiger partial charge is 0.0672 e. The molecule has 0 heterocycles. The van der Waals surface area contributed by atoms with E-state index in [0.717, 1.165) is 25.4 Å². The predicted octanol–water partition coefficient (Wildman–Crippen LogP) is 3.22. The number of hydrogen-bond donors (Lipinski definition) is 0. The van der Waals surface area contributed by atoms with Gasteiger partial charge >= 0.3 is 0 Å². The molecule has 20 heavy (non-hydrogen) atoms. The maximum Gasteiger partial charge on any atom is 0.0672 e. The average Bonchev–Trinajstić information content (AvgIpc) is 2.36. The van der Waals surface area contributed by atoms with Crippen LogP contribution in [0.5, 0.6) is 0 Å². The molecule has 0 aromatic carbocycles. The fourth-order valence-corrected chi connectivity index (χ4v) is 3.37. The lowest BCUT2D eigenvalue weighted by Gasteiger charge is -2.43. The van der Waals surface area contributed by atoms with E-state index in [1.165, 1.54) is 19.3 Å². The molecule has 1 rings (SSSR count). The Kier molecular flexibility index (Phi) is 6.48. The Labute approximate surface area is 125 Å². The summed E-state index contributed by atoms with van der Waals surface area (Å²) in [7, 11) is 6.44. The summed E-state index contributed by atoms with van der Waals surface area (Å²) >= 11 is 0. The number of hydrogen-bond acceptors (Lipinski definition) is 3. The molecule has 1 fully saturated rings. The number of rotatable bonds is 5. The van der Waals surface area contributed by atoms with E-state index in [-0.39, 0.29) is 5.92 Å². The predicted molar refractivity (Wildman–Crippen MR) is 85.5 cm³/mol. The normalized spacial score (nSPS) is 27.9. The molecule has 0 aromatic heterocycles. The molecular weight excluding hydrogens is 246 g/mol. The summed E-state index contributed by atoms with van der Waals surface area (Å²) < 4.78 is 0. The molecular formula is C17H33N3. The molecule has 3 nitrogen and oxygen atoms in total. The zero-order valence-electron chi connectivity index (χ0n) is 14.3. The quantitative estimate of drug-likeness (QED) is 0.774. The second-order valence-corrected chi connectivity index (χ2v) is 7.82. The van der Waals surface area contributed by atoms with Crippen molar-refractivity contribution in [2.24, 2.45) is 17.3 Å². The number of nitrogens with zero attached hydrogens (tertiary/aromatic N) is 3. The lowest BCUT2D eigenvalue weighted by molar-refractivity contribution is 0.0735. The van der Waals surface area contributed by atoms with Gasteiger partial charge in [-0.25, -0.2) is 0 Å². The highest BCUT2D eigenvalue weighted by Crippen LogP contribution is 2.41. The van der Waals surface area contributed by atoms with Gasteiger partial charge in [-0.05, 0) is 71.2 Å². The summed E-state index contributed by atoms with van der Waals surface area (Å²) in [6.45, 7) is 9.24. The van der Waals surface area contributed by atoms with Crippen LogP contribution in [0.2, 0.25) is 0 Å². The highest BCUT2D eigenvalue weighted by Gasteiger charge is 2.37. The Morgan fingerprint density at radius 2 is 1.75 bits per heavy atom. The van der Waals surface area contributed by atoms with Gasteiger partial charge in [-0.15, -0.1) is 0 Å². The van der Waals surface area contributed by atoms with E-state index in [9.17, 15) is 5.26 Å². The van der Waals surface area contributed by atoms with Crippen molar-refractivity contribution < 1.29 is 0 Å². The van der Waals surface area contributed by atoms with Crippen molar-refractivity contribution >= 4 is 0 Å². The SMILES string of the molecule is CN(C)CCCN(C)C1CC(C(C)(C)C)CCC1C#N. The van der Waals surface area contributed by atoms with Gasteiger partial charge in [-0.3, -0.25) is 0 Å². The van der Waals surface area contributed by atoms with E-state index in [1.807, 2.05) is 0 Å². The lowest BCUT2D eigenvalue weighted by Crippen LogP contribution is -2.45. The van der Waals surface area contributed by atoms with Gasteiger partial charge in [0.1, 0.15) is 0 Å². The Morgan fingerprint density at radius 1 is 1.10 bits per heavy atom. The monoisotopic (exact) mass is 279 g/mol. The van der Waals surface area contributed by atoms with E-state index in [4.69, 9.17) is 0 Å². The average molecular weight is 279 g/mol. The van der Waals surface area contributed by atoms with Gasteiger partial charge in [-0.1, -0.05) is 20.8 Å². The van der Waals surface area contributed by atoms with Crippen molar-refractivity contribution in [2.45, 2.75) is 52.5 Å². The molecule has 0 radical (unpaired) electrons. The van der Waals surface area contributed by atoms with Crippen LogP contribution >= 0.6 is 0 Å². The van der Waals surface area contributed by atoms with Gasteiger partial charge < -0.3 is 9.80 Å². The third-order valence-electron chi connectivity index (χ3n) is 4.89. The number of nitriles is 1. The molecule has 0 amide bonds. The van der Waals surface area contributed by atoms with E-state index < -0.39 is 0 Å². The summed E-state index contributed by atoms with van der Waals surface area (Å²) in [6, 6.07) is 3.00. The standard InChI is InChI=1S/C17H33N3/c1-17(2,3)15-9-8-14(13-18)16(12-15)20(6)11-7-10-19(4)5/h14-16H,7-12H2,1-6H3. The fraction of sp³-hybridized carbons (Fsp3) is 0.941. The van der Waals surface area contributed by atoms with Crippen LogP contribution < -0.4 is 0 Å². The first kappa shape index (κ1) is 17.5. The second-order valence-electron chi connectivity index (χ2n) is 7.82. The van der Waals surface area contributed by atoms with E-state index >= 15 is 0 Å². The maximum atomic E-state index is 9.43. The van der Waals surface area contributed by atoms with Crippen LogP contribution in [0, 0.1) is 28.6 Å². The van der Waals surface area contributed by atoms with E-state index in [0.29, 0.717) is 11.5 Å². The molecule has 3 heteroatoms. The molecule has 1 saturated carbocycles. The Hall–Kier alpha value is -0.590. The van der Waals surface area contributed by atoms with Gasteiger partial charge in [0.05, 0.1) is 12.0 Å². The zero-order valence-corrected chi connectivity index (χ0v) is 14.3. The Balaban J connectivity index is 2.60. The molecule has 3 atom stereocenters. The van der Waals surface area contributed by atoms with Crippen molar-refractivity contribution in [3.8, 4) is 6.07 Å². The van der Waals surface area contributed by atoms with Crippen LogP contribution in [0.1, 0.15) is 46.5 Å². The van der Waals surface area contributed by atoms with Crippen LogP contribution in [0.25, 0.3) is 0 Å². The summed E-state index contributed by atoms with van der Waals surface area (Å²) in [5.74, 6) is 0.964. The molecule has 0 spiro atoms. The van der Waals surface area contributed by atoms with Gasteiger partial charge in [-0.2, -0.15) is 5.26 Å². The van der Waals surface area contributed by atoms with Gasteiger partial charge in [0, 0.05) is 6.04 Å². The van der Waals surface area contributed by atoms with Crippen molar-refractivity contribution in [2.75, 3.05) is 34.2 Å². The van der Waals surface area contributed by atoms with Gasteiger partial charge in [0.2, 0.25) is 0 Å². The molecule has 0 aliphatic heterocycles. The van der Waals surface area contributed by atoms with Crippen molar-refractivity contribution in [3.63, 3.8) is 0 Å². The highest BCUT2D eigenvalue weighted by molar-refractivity contribution is 4.98. The molecule has 3 unspecified atom stereocenters. The summed E-state index contributed by atoms with van der Waals surface area (Å²) in [6.07, 6.45) is 4.64. The molecule has 0 aromatic rings. The first-order valence-electron chi connectivity index (χ1n) is 8.00. The Morgan fingerprint density at radius 3 is 2.25 bits per heavy atom. The zero-order chi connectivity index (χ0) is 15.3. The third kappa shape index (κ3) is 5.07. The van der Waals surface area contributed by atoms with Crippen molar-refractivity contribution in [3.05, 3.63) is 0 Å². The first-order chi connectivity index (χ1) is 9.25. The minimum atomic E-state index is 0.220. The van der Waals surface area contributed by atoms with Crippen LogP contribution in [0.15, 0.2) is 0 Å². The lowest BCUT2D eigenvalue weighted by atomic mass is 9.68. The molecule has 0 saturated heterocycles. The first-order valence-corrected chi connectivity index (χ1v) is 8.00. The van der Waals surface area contributed by atoms with E-state index in [2.05, 4.69) is 57.8 Å². The molecule has 1 aliphatic carbocycles. The van der Waals surface area contributed by atoms with E-state index in [1.54, 1.807) is 0 Å². The Bertz CT molecular complexity index is 324. The van der Waals surface area contributed by atoms with Gasteiger partial charge in [0.25, 0.3) is 0 Å². The summed E-state index contributed by atoms with van der Waals surface area (Å²) in [4.78, 5) is 4.67. The fourth-order valence-electron chi connectivity index (χ4n) is 3.37. The highest BCUT2D eigenvalue weighted by atomic mass is 15.1. The largest absolute Gasteiger partial charge is 0.309 e. The summed E-state index contributed by atoms with van der Waals surface area (Å²) in [5, 5.41) is 9.43. The summed E-state index contributed by atoms with van der Waals surface area (Å²) in [5.41, 5.74) is 0.364. The van der Waals surface area contributed by atoms with Gasteiger partial charge in [0.15, 0.2) is 0 Å². The van der Waals surface area contributed by atoms with Crippen LogP contribution in [-0.4, -0.2) is 50.1 Å². The maximum absolute atomic E-state index is 9.43. The minimum Gasteiger partial charge on any atom is -0.309 e. The minimum absolute atomic E-state index is 0.220. The third-order valence-corrected chi connectivity index (χ3v) is 4.89. The van der Waals surface area contributed by atoms with Crippen LogP contribution in [-0.2, 0) is 0 Å². The topological polar surface area (TPSA) is 30.3 Å². The molecule has 116 valence electrons. The molecule has 1 aliphatic rings. The molecule has 0 bridgehead atoms. The second kappa shape index (κ2) is 7.43. The van der Waals surface area contributed by atoms with Crippen molar-refractivity contribution in [1.82, 2.24) is 9.80 Å². The van der Waals surface area contributed by atoms with Crippen LogP contribution in [0.4, 0.5) is 0 Å².